The highest BCUT2D eigenvalue weighted by atomic mass is 16.7. The zero-order valence-corrected chi connectivity index (χ0v) is 30.6. The number of hydroxylamine groups is 1. The third-order valence-electron chi connectivity index (χ3n) is 8.09. The van der Waals surface area contributed by atoms with Crippen molar-refractivity contribution in [3.8, 4) is 11.4 Å². The second kappa shape index (κ2) is 20.5. The van der Waals surface area contributed by atoms with E-state index in [0.29, 0.717) is 68.0 Å². The molecule has 0 fully saturated rings. The lowest BCUT2D eigenvalue weighted by Crippen LogP contribution is -2.29. The summed E-state index contributed by atoms with van der Waals surface area (Å²) in [5.74, 6) is 2.01. The molecule has 1 N–H and O–H groups in total. The molecule has 4 rings (SSSR count). The highest BCUT2D eigenvalue weighted by Gasteiger charge is 2.19. The van der Waals surface area contributed by atoms with Crippen LogP contribution in [0, 0.1) is 0 Å². The van der Waals surface area contributed by atoms with Gasteiger partial charge in [-0.2, -0.15) is 0 Å². The number of carbonyl (C=O) groups is 2. The first kappa shape index (κ1) is 39.4. The molecule has 0 aliphatic heterocycles. The van der Waals surface area contributed by atoms with Crippen molar-refractivity contribution < 1.29 is 19.2 Å². The van der Waals surface area contributed by atoms with Gasteiger partial charge in [0.05, 0.1) is 11.4 Å². The Labute approximate surface area is 296 Å². The summed E-state index contributed by atoms with van der Waals surface area (Å²) in [4.78, 5) is 51.2. The van der Waals surface area contributed by atoms with Crippen LogP contribution in [0.15, 0.2) is 88.2 Å². The molecule has 0 radical (unpaired) electrons. The lowest BCUT2D eigenvalue weighted by Gasteiger charge is -2.18. The first-order chi connectivity index (χ1) is 24.3. The van der Waals surface area contributed by atoms with Crippen molar-refractivity contribution in [2.75, 3.05) is 7.05 Å². The predicted molar refractivity (Wildman–Crippen MR) is 202 cm³/mol. The van der Waals surface area contributed by atoms with Crippen LogP contribution in [0.25, 0.3) is 11.3 Å². The number of Topliss-reactive ketones (excluding diaryl/α,β-unsaturated/α-hetero) is 1. The normalized spacial score (nSPS) is 13.2. The second-order valence-electron chi connectivity index (χ2n) is 11.7. The van der Waals surface area contributed by atoms with Gasteiger partial charge in [0.2, 0.25) is 0 Å². The molecule has 0 spiro atoms. The minimum atomic E-state index is -0.232. The molecule has 1 aliphatic carbocycles. The molecule has 0 saturated carbocycles. The molecule has 9 nitrogen and oxygen atoms in total. The standard InChI is InChI=1S/C39H46N4O5.C2H6/c1-6-12-31(45)24-27(4)48-32-22-20-30(21-23-32)43-37(8-3)41-36(13-7-2)35(39(43)46)25-28-16-18-29(19-17-28)33-14-10-9-11-15-34(33)38(40-5)42-47-26-44;1-2/h9-10,14-23,26-27H,6-8,11-13,24-25H2,1-5H3,(H,40,42);1-2H3. The monoisotopic (exact) mass is 680 g/mol. The van der Waals surface area contributed by atoms with E-state index < -0.39 is 0 Å². The molecule has 1 atom stereocenters. The number of aromatic nitrogens is 2. The maximum absolute atomic E-state index is 14.3. The number of aliphatic imine (C=N–C) groups is 1. The fourth-order valence-corrected chi connectivity index (χ4v) is 5.83. The number of amidine groups is 1. The Hall–Kier alpha value is -5.05. The molecule has 1 aromatic heterocycles. The van der Waals surface area contributed by atoms with Gasteiger partial charge in [0.25, 0.3) is 5.56 Å². The van der Waals surface area contributed by atoms with E-state index in [1.165, 1.54) is 0 Å². The maximum Gasteiger partial charge on any atom is 0.320 e. The van der Waals surface area contributed by atoms with Crippen LogP contribution >= 0.6 is 0 Å². The van der Waals surface area contributed by atoms with Gasteiger partial charge in [-0.25, -0.2) is 10.5 Å². The lowest BCUT2D eigenvalue weighted by molar-refractivity contribution is -0.132. The van der Waals surface area contributed by atoms with E-state index in [2.05, 4.69) is 17.4 Å². The molecule has 9 heteroatoms. The summed E-state index contributed by atoms with van der Waals surface area (Å²) in [6, 6.07) is 15.6. The molecule has 266 valence electrons. The molecule has 1 unspecified atom stereocenters. The van der Waals surface area contributed by atoms with Crippen LogP contribution in [0.5, 0.6) is 5.75 Å². The predicted octanol–water partition coefficient (Wildman–Crippen LogP) is 7.87. The number of nitrogens with one attached hydrogen (secondary N) is 1. The zero-order valence-electron chi connectivity index (χ0n) is 30.6. The van der Waals surface area contributed by atoms with Crippen LogP contribution in [-0.4, -0.2) is 40.8 Å². The number of hydrogen-bond donors (Lipinski definition) is 1. The maximum atomic E-state index is 14.3. The Morgan fingerprint density at radius 1 is 1.06 bits per heavy atom. The fourth-order valence-electron chi connectivity index (χ4n) is 5.83. The summed E-state index contributed by atoms with van der Waals surface area (Å²) < 4.78 is 7.71. The summed E-state index contributed by atoms with van der Waals surface area (Å²) in [6.45, 7) is 12.3. The van der Waals surface area contributed by atoms with Gasteiger partial charge in [0.1, 0.15) is 23.5 Å². The Morgan fingerprint density at radius 2 is 1.78 bits per heavy atom. The number of ether oxygens (including phenoxy) is 1. The van der Waals surface area contributed by atoms with Gasteiger partial charge in [0.15, 0.2) is 5.84 Å². The van der Waals surface area contributed by atoms with Crippen LogP contribution in [-0.2, 0) is 33.7 Å². The SMILES string of the molecule is CC.CCCC(=O)CC(C)Oc1ccc(-n2c(CC)nc(CCC)c(Cc3ccc(C4=CC=CCC=C4C(=NC)NOC=O)cc3)c2=O)cc1. The Morgan fingerprint density at radius 3 is 2.40 bits per heavy atom. The Bertz CT molecular complexity index is 1750. The van der Waals surface area contributed by atoms with Crippen LogP contribution in [0.1, 0.15) is 102 Å². The minimum absolute atomic E-state index is 0.0755. The largest absolute Gasteiger partial charge is 0.490 e. The molecule has 2 aromatic carbocycles. The topological polar surface area (TPSA) is 112 Å². The second-order valence-corrected chi connectivity index (χ2v) is 11.7. The molecule has 50 heavy (non-hydrogen) atoms. The van der Waals surface area contributed by atoms with Gasteiger partial charge in [-0.3, -0.25) is 23.9 Å². The number of ketones is 1. The summed E-state index contributed by atoms with van der Waals surface area (Å²) >= 11 is 0. The van der Waals surface area contributed by atoms with Gasteiger partial charge < -0.3 is 9.57 Å². The quantitative estimate of drug-likeness (QED) is 0.0709. The van der Waals surface area contributed by atoms with E-state index in [4.69, 9.17) is 14.6 Å². The zero-order chi connectivity index (χ0) is 36.5. The van der Waals surface area contributed by atoms with Crippen molar-refractivity contribution in [1.29, 1.82) is 0 Å². The van der Waals surface area contributed by atoms with Gasteiger partial charge >= 0.3 is 6.47 Å². The summed E-state index contributed by atoms with van der Waals surface area (Å²) in [5, 5.41) is 0. The molecule has 0 bridgehead atoms. The van der Waals surface area contributed by atoms with Crippen LogP contribution in [0.3, 0.4) is 0 Å². The van der Waals surface area contributed by atoms with Gasteiger partial charge in [0, 0.05) is 43.9 Å². The first-order valence-electron chi connectivity index (χ1n) is 17.7. The number of hydrogen-bond acceptors (Lipinski definition) is 7. The number of rotatable bonds is 16. The molecule has 3 aromatic rings. The van der Waals surface area contributed by atoms with Crippen molar-refractivity contribution in [3.63, 3.8) is 0 Å². The van der Waals surface area contributed by atoms with Gasteiger partial charge in [-0.15, -0.1) is 0 Å². The molecular formula is C41H52N4O5. The van der Waals surface area contributed by atoms with Crippen molar-refractivity contribution >= 4 is 23.7 Å². The fraction of sp³-hybridized carbons (Fsp3) is 0.390. The smallest absolute Gasteiger partial charge is 0.320 e. The minimum Gasteiger partial charge on any atom is -0.490 e. The Balaban J connectivity index is 0.00000332. The Kier molecular flexibility index (Phi) is 16.1. The van der Waals surface area contributed by atoms with E-state index >= 15 is 0 Å². The van der Waals surface area contributed by atoms with Crippen molar-refractivity contribution in [3.05, 3.63) is 117 Å². The number of nitrogens with zero attached hydrogens (tertiary/aromatic N) is 3. The van der Waals surface area contributed by atoms with Crippen molar-refractivity contribution in [2.45, 2.75) is 99.0 Å². The molecular weight excluding hydrogens is 628 g/mol. The highest BCUT2D eigenvalue weighted by Crippen LogP contribution is 2.28. The number of benzene rings is 2. The van der Waals surface area contributed by atoms with Crippen molar-refractivity contribution in [2.24, 2.45) is 4.99 Å². The van der Waals surface area contributed by atoms with Crippen molar-refractivity contribution in [1.82, 2.24) is 15.0 Å². The third kappa shape index (κ3) is 10.5. The molecule has 0 saturated heterocycles. The summed E-state index contributed by atoms with van der Waals surface area (Å²) in [6.07, 6.45) is 12.9. The van der Waals surface area contributed by atoms with Gasteiger partial charge in [-0.05, 0) is 67.2 Å². The van der Waals surface area contributed by atoms with Crippen LogP contribution in [0.4, 0.5) is 0 Å². The summed E-state index contributed by atoms with van der Waals surface area (Å²) in [5.41, 5.74) is 8.47. The van der Waals surface area contributed by atoms with Crippen LogP contribution in [0.2, 0.25) is 0 Å². The van der Waals surface area contributed by atoms with E-state index in [1.807, 2.05) is 107 Å². The number of allylic oxidation sites excluding steroid dienone is 4. The molecule has 1 heterocycles. The number of aryl methyl sites for hydroxylation is 2. The average Bonchev–Trinajstić information content (AvgIpc) is 3.38. The molecule has 1 aliphatic rings. The number of carbonyl (C=O) groups excluding carboxylic acids is 2. The first-order valence-corrected chi connectivity index (χ1v) is 17.7. The highest BCUT2D eigenvalue weighted by molar-refractivity contribution is 6.12. The van der Waals surface area contributed by atoms with E-state index in [1.54, 1.807) is 11.6 Å². The average molecular weight is 681 g/mol. The third-order valence-corrected chi connectivity index (χ3v) is 8.09. The lowest BCUT2D eigenvalue weighted by atomic mass is 9.94. The molecule has 0 amide bonds. The summed E-state index contributed by atoms with van der Waals surface area (Å²) in [7, 11) is 1.64. The van der Waals surface area contributed by atoms with Crippen LogP contribution < -0.4 is 15.8 Å². The van der Waals surface area contributed by atoms with E-state index in [-0.39, 0.29) is 17.4 Å². The van der Waals surface area contributed by atoms with E-state index in [0.717, 1.165) is 46.5 Å². The van der Waals surface area contributed by atoms with Gasteiger partial charge in [-0.1, -0.05) is 89.6 Å². The van der Waals surface area contributed by atoms with E-state index in [9.17, 15) is 14.4 Å².